The van der Waals surface area contributed by atoms with Crippen molar-refractivity contribution in [3.8, 4) is 0 Å². The van der Waals surface area contributed by atoms with Crippen LogP contribution in [-0.2, 0) is 4.74 Å². The Morgan fingerprint density at radius 1 is 1.26 bits per heavy atom. The fourth-order valence-corrected chi connectivity index (χ4v) is 4.08. The Balaban J connectivity index is 1.48. The lowest BCUT2D eigenvalue weighted by Gasteiger charge is -2.38. The van der Waals surface area contributed by atoms with Gasteiger partial charge in [0.2, 0.25) is 0 Å². The molecule has 23 heavy (non-hydrogen) atoms. The highest BCUT2D eigenvalue weighted by molar-refractivity contribution is 6.31. The van der Waals surface area contributed by atoms with Crippen molar-refractivity contribution in [2.24, 2.45) is 0 Å². The van der Waals surface area contributed by atoms with E-state index in [1.807, 2.05) is 0 Å². The largest absolute Gasteiger partial charge is 0.451 e. The summed E-state index contributed by atoms with van der Waals surface area (Å²) in [6, 6.07) is 7.26. The molecule has 0 radical (unpaired) electrons. The van der Waals surface area contributed by atoms with Crippen molar-refractivity contribution in [2.45, 2.75) is 50.2 Å². The number of fused-ring (bicyclic) bond motifs is 1. The molecule has 2 aliphatic rings. The van der Waals surface area contributed by atoms with E-state index in [1.54, 1.807) is 24.3 Å². The molecule has 1 saturated carbocycles. The van der Waals surface area contributed by atoms with Gasteiger partial charge in [-0.05, 0) is 49.9 Å². The number of amides is 1. The minimum absolute atomic E-state index is 0.00238. The zero-order valence-electron chi connectivity index (χ0n) is 12.9. The number of carbonyl (C=O) groups excluding carboxylic acids is 1. The van der Waals surface area contributed by atoms with Crippen molar-refractivity contribution in [1.29, 1.82) is 0 Å². The molecule has 4 rings (SSSR count). The first-order valence-corrected chi connectivity index (χ1v) is 8.65. The first-order valence-electron chi connectivity index (χ1n) is 8.28. The van der Waals surface area contributed by atoms with Gasteiger partial charge in [-0.1, -0.05) is 24.4 Å². The minimum Gasteiger partial charge on any atom is -0.451 e. The third kappa shape index (κ3) is 2.98. The number of carbonyl (C=O) groups is 1. The van der Waals surface area contributed by atoms with Gasteiger partial charge in [0.25, 0.3) is 5.91 Å². The van der Waals surface area contributed by atoms with Crippen LogP contribution in [0.1, 0.15) is 49.1 Å². The standard InChI is InChI=1S/C18H20ClNO3/c19-13-3-4-15-12(9-13)10-16(23-15)17(21)20-14-5-8-22-18(11-14)6-1-2-7-18/h3-4,9-10,14H,1-2,5-8,11H2,(H,20,21). The summed E-state index contributed by atoms with van der Waals surface area (Å²) in [6.45, 7) is 0.723. The number of rotatable bonds is 2. The van der Waals surface area contributed by atoms with Crippen LogP contribution in [0.4, 0.5) is 0 Å². The third-order valence-corrected chi connectivity index (χ3v) is 5.28. The lowest BCUT2D eigenvalue weighted by atomic mass is 9.89. The number of ether oxygens (including phenoxy) is 1. The molecule has 2 fully saturated rings. The maximum atomic E-state index is 12.5. The van der Waals surface area contributed by atoms with Crippen molar-refractivity contribution >= 4 is 28.5 Å². The Morgan fingerprint density at radius 3 is 2.91 bits per heavy atom. The normalized spacial score (nSPS) is 23.4. The number of hydrogen-bond donors (Lipinski definition) is 1. The van der Waals surface area contributed by atoms with Gasteiger partial charge in [0.1, 0.15) is 5.58 Å². The van der Waals surface area contributed by atoms with E-state index in [9.17, 15) is 4.79 Å². The Labute approximate surface area is 140 Å². The van der Waals surface area contributed by atoms with E-state index in [0.717, 1.165) is 37.7 Å². The van der Waals surface area contributed by atoms with Gasteiger partial charge in [-0.3, -0.25) is 4.79 Å². The molecule has 122 valence electrons. The number of furan rings is 1. The summed E-state index contributed by atoms with van der Waals surface area (Å²) in [5, 5.41) is 4.60. The van der Waals surface area contributed by atoms with E-state index in [1.165, 1.54) is 12.8 Å². The molecule has 1 N–H and O–H groups in total. The van der Waals surface area contributed by atoms with Crippen molar-refractivity contribution in [2.75, 3.05) is 6.61 Å². The molecule has 5 heteroatoms. The Hall–Kier alpha value is -1.52. The fourth-order valence-electron chi connectivity index (χ4n) is 3.90. The topological polar surface area (TPSA) is 51.5 Å². The van der Waals surface area contributed by atoms with Crippen LogP contribution < -0.4 is 5.32 Å². The molecule has 1 aliphatic carbocycles. The van der Waals surface area contributed by atoms with Crippen molar-refractivity contribution in [3.05, 3.63) is 35.0 Å². The van der Waals surface area contributed by atoms with E-state index in [4.69, 9.17) is 20.8 Å². The molecular formula is C18H20ClNO3. The third-order valence-electron chi connectivity index (χ3n) is 5.05. The second-order valence-electron chi connectivity index (χ2n) is 6.69. The van der Waals surface area contributed by atoms with Gasteiger partial charge in [-0.2, -0.15) is 0 Å². The summed E-state index contributed by atoms with van der Waals surface area (Å²) in [5.74, 6) is 0.187. The van der Waals surface area contributed by atoms with Crippen LogP contribution in [0, 0.1) is 0 Å². The van der Waals surface area contributed by atoms with E-state index < -0.39 is 0 Å². The Kier molecular flexibility index (Phi) is 3.82. The quantitative estimate of drug-likeness (QED) is 0.891. The zero-order valence-corrected chi connectivity index (χ0v) is 13.7. The summed E-state index contributed by atoms with van der Waals surface area (Å²) in [4.78, 5) is 12.5. The summed E-state index contributed by atoms with van der Waals surface area (Å²) in [7, 11) is 0. The molecule has 1 unspecified atom stereocenters. The molecule has 0 bridgehead atoms. The van der Waals surface area contributed by atoms with Gasteiger partial charge in [-0.25, -0.2) is 0 Å². The molecule has 2 aromatic rings. The summed E-state index contributed by atoms with van der Waals surface area (Å²) >= 11 is 5.98. The van der Waals surface area contributed by atoms with Crippen LogP contribution in [-0.4, -0.2) is 24.2 Å². The van der Waals surface area contributed by atoms with Crippen LogP contribution in [0.2, 0.25) is 5.02 Å². The van der Waals surface area contributed by atoms with Gasteiger partial charge in [0, 0.05) is 23.1 Å². The second kappa shape index (κ2) is 5.84. The van der Waals surface area contributed by atoms with E-state index in [-0.39, 0.29) is 17.6 Å². The molecule has 1 saturated heterocycles. The molecule has 1 aromatic carbocycles. The summed E-state index contributed by atoms with van der Waals surface area (Å²) < 4.78 is 11.7. The smallest absolute Gasteiger partial charge is 0.287 e. The first kappa shape index (κ1) is 15.0. The average Bonchev–Trinajstić information content (AvgIpc) is 3.14. The Morgan fingerprint density at radius 2 is 2.09 bits per heavy atom. The lowest BCUT2D eigenvalue weighted by molar-refractivity contribution is -0.0823. The van der Waals surface area contributed by atoms with Crippen LogP contribution in [0.25, 0.3) is 11.0 Å². The van der Waals surface area contributed by atoms with Gasteiger partial charge in [0.15, 0.2) is 5.76 Å². The van der Waals surface area contributed by atoms with Crippen molar-refractivity contribution in [3.63, 3.8) is 0 Å². The predicted octanol–water partition coefficient (Wildman–Crippen LogP) is 4.31. The van der Waals surface area contributed by atoms with E-state index in [0.29, 0.717) is 16.4 Å². The second-order valence-corrected chi connectivity index (χ2v) is 7.13. The number of benzene rings is 1. The molecule has 1 aliphatic heterocycles. The lowest BCUT2D eigenvalue weighted by Crippen LogP contribution is -2.47. The highest BCUT2D eigenvalue weighted by Gasteiger charge is 2.40. The molecule has 4 nitrogen and oxygen atoms in total. The van der Waals surface area contributed by atoms with E-state index in [2.05, 4.69) is 5.32 Å². The first-order chi connectivity index (χ1) is 11.1. The van der Waals surface area contributed by atoms with Crippen LogP contribution in [0.15, 0.2) is 28.7 Å². The summed E-state index contributed by atoms with van der Waals surface area (Å²) in [5.41, 5.74) is 0.677. The minimum atomic E-state index is -0.155. The molecular weight excluding hydrogens is 314 g/mol. The van der Waals surface area contributed by atoms with Crippen LogP contribution in [0.5, 0.6) is 0 Å². The monoisotopic (exact) mass is 333 g/mol. The number of halogens is 1. The maximum absolute atomic E-state index is 12.5. The molecule has 2 heterocycles. The molecule has 1 amide bonds. The van der Waals surface area contributed by atoms with Crippen LogP contribution >= 0.6 is 11.6 Å². The van der Waals surface area contributed by atoms with Crippen molar-refractivity contribution in [1.82, 2.24) is 5.32 Å². The number of nitrogens with one attached hydrogen (secondary N) is 1. The highest BCUT2D eigenvalue weighted by Crippen LogP contribution is 2.40. The highest BCUT2D eigenvalue weighted by atomic mass is 35.5. The molecule has 1 spiro atoms. The van der Waals surface area contributed by atoms with Gasteiger partial charge < -0.3 is 14.5 Å². The fraction of sp³-hybridized carbons (Fsp3) is 0.500. The van der Waals surface area contributed by atoms with Crippen LogP contribution in [0.3, 0.4) is 0 Å². The molecule has 1 atom stereocenters. The van der Waals surface area contributed by atoms with Gasteiger partial charge in [-0.15, -0.1) is 0 Å². The van der Waals surface area contributed by atoms with E-state index >= 15 is 0 Å². The molecule has 1 aromatic heterocycles. The SMILES string of the molecule is O=C(NC1CCOC2(CCCC2)C1)c1cc2cc(Cl)ccc2o1. The van der Waals surface area contributed by atoms with Crippen molar-refractivity contribution < 1.29 is 13.9 Å². The predicted molar refractivity (Wildman–Crippen MR) is 88.9 cm³/mol. The van der Waals surface area contributed by atoms with Gasteiger partial charge in [0.05, 0.1) is 5.60 Å². The number of hydrogen-bond acceptors (Lipinski definition) is 3. The average molecular weight is 334 g/mol. The van der Waals surface area contributed by atoms with Gasteiger partial charge >= 0.3 is 0 Å². The maximum Gasteiger partial charge on any atom is 0.287 e. The summed E-state index contributed by atoms with van der Waals surface area (Å²) in [6.07, 6.45) is 6.45. The Bertz CT molecular complexity index is 733. The zero-order chi connectivity index (χ0) is 15.9.